The van der Waals surface area contributed by atoms with Crippen LogP contribution in [0.1, 0.15) is 24.4 Å². The summed E-state index contributed by atoms with van der Waals surface area (Å²) in [4.78, 5) is 33.5. The summed E-state index contributed by atoms with van der Waals surface area (Å²) in [7, 11) is 0. The molecule has 5 rings (SSSR count). The third-order valence-electron chi connectivity index (χ3n) is 5.70. The molecule has 0 fully saturated rings. The van der Waals surface area contributed by atoms with Gasteiger partial charge in [-0.1, -0.05) is 66.7 Å². The number of carbonyl (C=O) groups is 1. The summed E-state index contributed by atoms with van der Waals surface area (Å²) in [5.74, 6) is 1.29. The van der Waals surface area contributed by atoms with Gasteiger partial charge in [0, 0.05) is 10.9 Å². The first-order valence-electron chi connectivity index (χ1n) is 11.0. The zero-order valence-corrected chi connectivity index (χ0v) is 20.2. The van der Waals surface area contributed by atoms with E-state index in [2.05, 4.69) is 45.6 Å². The molecule has 5 aromatic rings. The molecule has 0 spiro atoms. The zero-order valence-electron chi connectivity index (χ0n) is 18.6. The number of nitrogens with zero attached hydrogens (tertiary/aromatic N) is 1. The summed E-state index contributed by atoms with van der Waals surface area (Å²) in [6.07, 6.45) is 0. The molecule has 0 aliphatic heterocycles. The number of hydrogen-bond acceptors (Lipinski definition) is 5. The second-order valence-electron chi connectivity index (χ2n) is 8.10. The fraction of sp³-hybridized carbons (Fsp3) is 0.148. The molecule has 3 aromatic carbocycles. The van der Waals surface area contributed by atoms with Crippen molar-refractivity contribution in [3.8, 4) is 11.1 Å². The van der Waals surface area contributed by atoms with E-state index in [1.807, 2.05) is 54.8 Å². The number of nitrogens with one attached hydrogen (secondary N) is 2. The number of hydrogen-bond donors (Lipinski definition) is 2. The van der Waals surface area contributed by atoms with E-state index in [1.54, 1.807) is 0 Å². The third kappa shape index (κ3) is 4.76. The van der Waals surface area contributed by atoms with E-state index < -0.39 is 0 Å². The van der Waals surface area contributed by atoms with Crippen LogP contribution < -0.4 is 10.9 Å². The highest BCUT2D eigenvalue weighted by Gasteiger charge is 2.14. The predicted octanol–water partition coefficient (Wildman–Crippen LogP) is 5.92. The Morgan fingerprint density at radius 1 is 1.06 bits per heavy atom. The van der Waals surface area contributed by atoms with Crippen molar-refractivity contribution in [2.24, 2.45) is 0 Å². The topological polar surface area (TPSA) is 74.8 Å². The molecular weight excluding hydrogens is 462 g/mol. The van der Waals surface area contributed by atoms with Crippen molar-refractivity contribution in [2.45, 2.75) is 18.7 Å². The normalized spacial score (nSPS) is 12.1. The lowest BCUT2D eigenvalue weighted by molar-refractivity contribution is -0.119. The lowest BCUT2D eigenvalue weighted by Crippen LogP contribution is -2.28. The highest BCUT2D eigenvalue weighted by Crippen LogP contribution is 2.30. The standard InChI is InChI=1S/C27H23N3O2S2/c1-17(20-12-11-18-7-5-6-10-21(18)13-20)28-24(31)16-33-15-23-29-26(32)25-22(14-34-27(25)30-23)19-8-3-2-4-9-19/h2-14,17H,15-16H2,1H3,(H,28,31)(H,29,30,32). The molecule has 0 radical (unpaired) electrons. The van der Waals surface area contributed by atoms with Gasteiger partial charge in [0.1, 0.15) is 10.7 Å². The molecule has 0 aliphatic carbocycles. The monoisotopic (exact) mass is 485 g/mol. The molecule has 34 heavy (non-hydrogen) atoms. The smallest absolute Gasteiger partial charge is 0.260 e. The maximum Gasteiger partial charge on any atom is 0.260 e. The second-order valence-corrected chi connectivity index (χ2v) is 9.94. The fourth-order valence-corrected chi connectivity index (χ4v) is 5.64. The van der Waals surface area contributed by atoms with Crippen LogP contribution in [0, 0.1) is 0 Å². The lowest BCUT2D eigenvalue weighted by atomic mass is 10.0. The molecule has 2 N–H and O–H groups in total. The Morgan fingerprint density at radius 3 is 2.65 bits per heavy atom. The van der Waals surface area contributed by atoms with E-state index in [4.69, 9.17) is 0 Å². The van der Waals surface area contributed by atoms with Gasteiger partial charge in [0.05, 0.1) is 22.9 Å². The fourth-order valence-electron chi connectivity index (χ4n) is 3.98. The van der Waals surface area contributed by atoms with Gasteiger partial charge in [-0.3, -0.25) is 9.59 Å². The van der Waals surface area contributed by atoms with Crippen LogP contribution in [0.15, 0.2) is 83.0 Å². The number of thioether (sulfide) groups is 1. The Labute approximate surface area is 205 Å². The summed E-state index contributed by atoms with van der Waals surface area (Å²) in [5.41, 5.74) is 2.83. The molecule has 7 heteroatoms. The predicted molar refractivity (Wildman–Crippen MR) is 142 cm³/mol. The van der Waals surface area contributed by atoms with Crippen LogP contribution in [0.3, 0.4) is 0 Å². The zero-order chi connectivity index (χ0) is 23.5. The number of aromatic nitrogens is 2. The van der Waals surface area contributed by atoms with Crippen LogP contribution >= 0.6 is 23.1 Å². The van der Waals surface area contributed by atoms with Crippen LogP contribution in [0.5, 0.6) is 0 Å². The van der Waals surface area contributed by atoms with Crippen molar-refractivity contribution < 1.29 is 4.79 Å². The van der Waals surface area contributed by atoms with Crippen LogP contribution in [-0.4, -0.2) is 21.6 Å². The molecule has 0 saturated carbocycles. The molecular formula is C27H23N3O2S2. The number of thiophene rings is 1. The Morgan fingerprint density at radius 2 is 1.82 bits per heavy atom. The van der Waals surface area contributed by atoms with Crippen molar-refractivity contribution in [3.05, 3.63) is 99.9 Å². The first-order chi connectivity index (χ1) is 16.6. The van der Waals surface area contributed by atoms with Crippen molar-refractivity contribution in [3.63, 3.8) is 0 Å². The Bertz CT molecular complexity index is 1530. The highest BCUT2D eigenvalue weighted by molar-refractivity contribution is 7.99. The van der Waals surface area contributed by atoms with Gasteiger partial charge in [0.25, 0.3) is 5.56 Å². The van der Waals surface area contributed by atoms with Gasteiger partial charge in [-0.2, -0.15) is 0 Å². The molecule has 0 bridgehead atoms. The number of fused-ring (bicyclic) bond motifs is 2. The Hall–Kier alpha value is -3.42. The summed E-state index contributed by atoms with van der Waals surface area (Å²) in [6.45, 7) is 1.99. The minimum absolute atomic E-state index is 0.0448. The molecule has 1 atom stereocenters. The van der Waals surface area contributed by atoms with E-state index >= 15 is 0 Å². The molecule has 2 heterocycles. The lowest BCUT2D eigenvalue weighted by Gasteiger charge is -2.15. The molecule has 2 aromatic heterocycles. The maximum atomic E-state index is 12.8. The van der Waals surface area contributed by atoms with Crippen LogP contribution in [0.2, 0.25) is 0 Å². The quantitative estimate of drug-likeness (QED) is 0.300. The van der Waals surface area contributed by atoms with Crippen LogP contribution in [0.4, 0.5) is 0 Å². The first kappa shape index (κ1) is 22.4. The van der Waals surface area contributed by atoms with Crippen LogP contribution in [-0.2, 0) is 10.5 Å². The van der Waals surface area contributed by atoms with Gasteiger partial charge in [-0.15, -0.1) is 23.1 Å². The van der Waals surface area contributed by atoms with Crippen molar-refractivity contribution in [2.75, 3.05) is 5.75 Å². The van der Waals surface area contributed by atoms with Gasteiger partial charge < -0.3 is 10.3 Å². The number of amides is 1. The van der Waals surface area contributed by atoms with E-state index in [0.717, 1.165) is 22.1 Å². The first-order valence-corrected chi connectivity index (χ1v) is 13.0. The molecule has 1 unspecified atom stereocenters. The summed E-state index contributed by atoms with van der Waals surface area (Å²) in [5, 5.41) is 7.99. The van der Waals surface area contributed by atoms with E-state index in [0.29, 0.717) is 27.5 Å². The van der Waals surface area contributed by atoms with E-state index in [9.17, 15) is 9.59 Å². The molecule has 0 saturated heterocycles. The number of aromatic amines is 1. The van der Waals surface area contributed by atoms with Gasteiger partial charge in [-0.05, 0) is 34.9 Å². The number of benzene rings is 3. The summed E-state index contributed by atoms with van der Waals surface area (Å²) in [6, 6.07) is 24.2. The molecule has 1 amide bonds. The van der Waals surface area contributed by atoms with Crippen molar-refractivity contribution >= 4 is 50.0 Å². The van der Waals surface area contributed by atoms with E-state index in [-0.39, 0.29) is 17.5 Å². The number of rotatable bonds is 7. The average molecular weight is 486 g/mol. The van der Waals surface area contributed by atoms with Gasteiger partial charge in [-0.25, -0.2) is 4.98 Å². The Balaban J connectivity index is 1.21. The SMILES string of the molecule is CC(NC(=O)CSCc1nc2scc(-c3ccccc3)c2c(=O)[nH]1)c1ccc2ccccc2c1. The Kier molecular flexibility index (Phi) is 6.47. The van der Waals surface area contributed by atoms with Gasteiger partial charge in [0.15, 0.2) is 0 Å². The molecule has 0 aliphatic rings. The van der Waals surface area contributed by atoms with Gasteiger partial charge >= 0.3 is 0 Å². The minimum atomic E-state index is -0.143. The highest BCUT2D eigenvalue weighted by atomic mass is 32.2. The van der Waals surface area contributed by atoms with Crippen molar-refractivity contribution in [1.29, 1.82) is 0 Å². The largest absolute Gasteiger partial charge is 0.349 e. The van der Waals surface area contributed by atoms with E-state index in [1.165, 1.54) is 28.5 Å². The van der Waals surface area contributed by atoms with Gasteiger partial charge in [0.2, 0.25) is 5.91 Å². The molecule has 5 nitrogen and oxygen atoms in total. The number of H-pyrrole nitrogens is 1. The number of carbonyl (C=O) groups excluding carboxylic acids is 1. The minimum Gasteiger partial charge on any atom is -0.349 e. The third-order valence-corrected chi connectivity index (χ3v) is 7.52. The maximum absolute atomic E-state index is 12.8. The van der Waals surface area contributed by atoms with Crippen molar-refractivity contribution in [1.82, 2.24) is 15.3 Å². The average Bonchev–Trinajstić information content (AvgIpc) is 3.29. The van der Waals surface area contributed by atoms with Crippen LogP contribution in [0.25, 0.3) is 32.1 Å². The summed E-state index contributed by atoms with van der Waals surface area (Å²) < 4.78 is 0. The second kappa shape index (κ2) is 9.83. The molecule has 170 valence electrons. The summed E-state index contributed by atoms with van der Waals surface area (Å²) >= 11 is 2.90.